The van der Waals surface area contributed by atoms with Crippen LogP contribution in [0.1, 0.15) is 26.8 Å². The van der Waals surface area contributed by atoms with E-state index in [0.29, 0.717) is 11.0 Å². The molecule has 14 heavy (non-hydrogen) atoms. The number of hydrogen-bond donors (Lipinski definition) is 2. The zero-order valence-electron chi connectivity index (χ0n) is 8.04. The molecule has 0 spiro atoms. The van der Waals surface area contributed by atoms with Crippen LogP contribution < -0.4 is 11.1 Å². The number of primary amides is 1. The van der Waals surface area contributed by atoms with E-state index in [9.17, 15) is 4.79 Å². The molecule has 1 atom stereocenters. The molecular weight excluding hydrogens is 198 g/mol. The van der Waals surface area contributed by atoms with Crippen LogP contribution in [0.3, 0.4) is 0 Å². The Morgan fingerprint density at radius 1 is 1.71 bits per heavy atom. The minimum absolute atomic E-state index is 0.412. The molecule has 0 aromatic carbocycles. The molecule has 1 unspecified atom stereocenters. The van der Waals surface area contributed by atoms with Gasteiger partial charge in [-0.05, 0) is 26.3 Å². The highest BCUT2D eigenvalue weighted by atomic mass is 32.1. The lowest BCUT2D eigenvalue weighted by Crippen LogP contribution is -2.30. The average molecular weight is 211 g/mol. The maximum atomic E-state index is 10.9. The molecule has 3 N–H and O–H groups in total. The predicted molar refractivity (Wildman–Crippen MR) is 55.5 cm³/mol. The second-order valence-electron chi connectivity index (χ2n) is 3.48. The number of carbonyl (C=O) groups is 1. The first-order chi connectivity index (χ1) is 6.70. The maximum Gasteiger partial charge on any atom is 0.277 e. The first-order valence-corrected chi connectivity index (χ1v) is 5.48. The Morgan fingerprint density at radius 2 is 2.50 bits per heavy atom. The molecule has 0 saturated carbocycles. The van der Waals surface area contributed by atoms with Crippen molar-refractivity contribution in [2.24, 2.45) is 5.73 Å². The van der Waals surface area contributed by atoms with Crippen molar-refractivity contribution in [1.82, 2.24) is 10.3 Å². The molecule has 0 saturated heterocycles. The number of thiazole rings is 1. The minimum atomic E-state index is -0.412. The van der Waals surface area contributed by atoms with E-state index in [2.05, 4.69) is 10.3 Å². The Hall–Kier alpha value is -0.940. The summed E-state index contributed by atoms with van der Waals surface area (Å²) in [5.41, 5.74) is 6.25. The summed E-state index contributed by atoms with van der Waals surface area (Å²) in [6.45, 7) is 0. The van der Waals surface area contributed by atoms with Crippen molar-refractivity contribution in [3.63, 3.8) is 0 Å². The normalized spacial score (nSPS) is 20.5. The summed E-state index contributed by atoms with van der Waals surface area (Å²) in [7, 11) is 1.96. The van der Waals surface area contributed by atoms with Gasteiger partial charge in [-0.3, -0.25) is 4.79 Å². The van der Waals surface area contributed by atoms with Crippen LogP contribution in [0.5, 0.6) is 0 Å². The second kappa shape index (κ2) is 3.67. The number of hydrogen-bond acceptors (Lipinski definition) is 4. The first-order valence-electron chi connectivity index (χ1n) is 4.66. The third kappa shape index (κ3) is 1.65. The maximum absolute atomic E-state index is 10.9. The highest BCUT2D eigenvalue weighted by Crippen LogP contribution is 2.26. The zero-order chi connectivity index (χ0) is 10.1. The van der Waals surface area contributed by atoms with Crippen LogP contribution in [0.4, 0.5) is 0 Å². The zero-order valence-corrected chi connectivity index (χ0v) is 8.86. The second-order valence-corrected chi connectivity index (χ2v) is 4.57. The molecule has 0 aliphatic heterocycles. The van der Waals surface area contributed by atoms with E-state index in [1.54, 1.807) is 0 Å². The number of aryl methyl sites for hydroxylation is 1. The van der Waals surface area contributed by atoms with Gasteiger partial charge in [0.2, 0.25) is 0 Å². The molecule has 1 aromatic rings. The fourth-order valence-corrected chi connectivity index (χ4v) is 2.77. The number of likely N-dealkylation sites (N-methyl/N-ethyl adjacent to an activating group) is 1. The van der Waals surface area contributed by atoms with Crippen LogP contribution in [0, 0.1) is 0 Å². The van der Waals surface area contributed by atoms with E-state index in [1.807, 2.05) is 7.05 Å². The van der Waals surface area contributed by atoms with Gasteiger partial charge in [-0.1, -0.05) is 0 Å². The molecule has 4 nitrogen and oxygen atoms in total. The van der Waals surface area contributed by atoms with E-state index >= 15 is 0 Å². The third-order valence-corrected chi connectivity index (χ3v) is 3.69. The fourth-order valence-electron chi connectivity index (χ4n) is 1.73. The lowest BCUT2D eigenvalue weighted by atomic mass is 9.98. The van der Waals surface area contributed by atoms with Crippen molar-refractivity contribution in [1.29, 1.82) is 0 Å². The van der Waals surface area contributed by atoms with Gasteiger partial charge in [0.05, 0.1) is 5.69 Å². The van der Waals surface area contributed by atoms with Crippen LogP contribution in [0.25, 0.3) is 0 Å². The summed E-state index contributed by atoms with van der Waals surface area (Å²) in [5.74, 6) is -0.412. The smallest absolute Gasteiger partial charge is 0.277 e. The largest absolute Gasteiger partial charge is 0.364 e. The monoisotopic (exact) mass is 211 g/mol. The number of aromatic nitrogens is 1. The Labute approximate surface area is 86.5 Å². The van der Waals surface area contributed by atoms with Gasteiger partial charge in [0.25, 0.3) is 5.91 Å². The van der Waals surface area contributed by atoms with Gasteiger partial charge in [-0.2, -0.15) is 0 Å². The molecule has 0 bridgehead atoms. The van der Waals surface area contributed by atoms with Crippen LogP contribution in [0.2, 0.25) is 0 Å². The summed E-state index contributed by atoms with van der Waals surface area (Å²) in [6, 6.07) is 0.517. The van der Waals surface area contributed by atoms with Crippen LogP contribution in [0.15, 0.2) is 0 Å². The molecule has 1 heterocycles. The van der Waals surface area contributed by atoms with E-state index < -0.39 is 5.91 Å². The number of carbonyl (C=O) groups excluding carboxylic acids is 1. The van der Waals surface area contributed by atoms with Crippen molar-refractivity contribution >= 4 is 17.2 Å². The van der Waals surface area contributed by atoms with Gasteiger partial charge < -0.3 is 11.1 Å². The van der Waals surface area contributed by atoms with Gasteiger partial charge >= 0.3 is 0 Å². The molecule has 1 aliphatic carbocycles. The van der Waals surface area contributed by atoms with Crippen LogP contribution in [-0.2, 0) is 12.8 Å². The molecule has 0 radical (unpaired) electrons. The Kier molecular flexibility index (Phi) is 2.52. The molecular formula is C9H13N3OS. The van der Waals surface area contributed by atoms with Crippen molar-refractivity contribution in [3.05, 3.63) is 15.6 Å². The van der Waals surface area contributed by atoms with Crippen LogP contribution >= 0.6 is 11.3 Å². The molecule has 1 aliphatic rings. The van der Waals surface area contributed by atoms with E-state index in [1.165, 1.54) is 16.2 Å². The van der Waals surface area contributed by atoms with Gasteiger partial charge in [-0.15, -0.1) is 11.3 Å². The van der Waals surface area contributed by atoms with Gasteiger partial charge in [0.15, 0.2) is 5.01 Å². The van der Waals surface area contributed by atoms with E-state index in [4.69, 9.17) is 5.73 Å². The molecule has 2 rings (SSSR count). The number of nitrogens with two attached hydrogens (primary N) is 1. The topological polar surface area (TPSA) is 68.0 Å². The molecule has 5 heteroatoms. The summed E-state index contributed by atoms with van der Waals surface area (Å²) in [5, 5.41) is 3.70. The molecule has 1 amide bonds. The first kappa shape index (κ1) is 9.61. The van der Waals surface area contributed by atoms with Crippen molar-refractivity contribution in [3.8, 4) is 0 Å². The summed E-state index contributed by atoms with van der Waals surface area (Å²) >= 11 is 1.44. The Bertz CT molecular complexity index is 361. The average Bonchev–Trinajstić information content (AvgIpc) is 2.59. The summed E-state index contributed by atoms with van der Waals surface area (Å²) in [4.78, 5) is 16.4. The number of nitrogens with zero attached hydrogens (tertiary/aromatic N) is 1. The number of fused-ring (bicyclic) bond motifs is 1. The fraction of sp³-hybridized carbons (Fsp3) is 0.556. The molecule has 1 aromatic heterocycles. The minimum Gasteiger partial charge on any atom is -0.364 e. The Balaban J connectivity index is 2.25. The highest BCUT2D eigenvalue weighted by molar-refractivity contribution is 7.13. The van der Waals surface area contributed by atoms with E-state index in [0.717, 1.165) is 25.0 Å². The lowest BCUT2D eigenvalue weighted by molar-refractivity contribution is 0.1000. The third-order valence-electron chi connectivity index (χ3n) is 2.56. The summed E-state index contributed by atoms with van der Waals surface area (Å²) < 4.78 is 0. The number of rotatable bonds is 2. The van der Waals surface area contributed by atoms with E-state index in [-0.39, 0.29) is 0 Å². The number of amides is 1. The lowest BCUT2D eigenvalue weighted by Gasteiger charge is -2.19. The quantitative estimate of drug-likeness (QED) is 0.740. The van der Waals surface area contributed by atoms with Gasteiger partial charge in [0, 0.05) is 10.9 Å². The van der Waals surface area contributed by atoms with Gasteiger partial charge in [0.1, 0.15) is 0 Å². The van der Waals surface area contributed by atoms with Gasteiger partial charge in [-0.25, -0.2) is 4.98 Å². The standard InChI is InChI=1S/C9H13N3OS/c1-11-5-2-3-6-7(4-5)14-9(12-6)8(10)13/h5,11H,2-4H2,1H3,(H2,10,13). The molecule has 76 valence electrons. The predicted octanol–water partition coefficient (Wildman–Crippen LogP) is 0.319. The summed E-state index contributed by atoms with van der Waals surface area (Å²) in [6.07, 6.45) is 3.01. The SMILES string of the molecule is CNC1CCc2nc(C(N)=O)sc2C1. The van der Waals surface area contributed by atoms with Crippen molar-refractivity contribution < 1.29 is 4.79 Å². The van der Waals surface area contributed by atoms with Crippen LogP contribution in [-0.4, -0.2) is 24.0 Å². The number of nitrogens with one attached hydrogen (secondary N) is 1. The Morgan fingerprint density at radius 3 is 3.14 bits per heavy atom. The van der Waals surface area contributed by atoms with Crippen molar-refractivity contribution in [2.45, 2.75) is 25.3 Å². The van der Waals surface area contributed by atoms with Crippen molar-refractivity contribution in [2.75, 3.05) is 7.05 Å². The molecule has 0 fully saturated rings. The highest BCUT2D eigenvalue weighted by Gasteiger charge is 2.22.